The van der Waals surface area contributed by atoms with Gasteiger partial charge in [0.25, 0.3) is 5.56 Å². The van der Waals surface area contributed by atoms with Gasteiger partial charge in [-0.2, -0.15) is 0 Å². The molecular formula is C19H24Cl2N4O4S. The van der Waals surface area contributed by atoms with Crippen molar-refractivity contribution in [2.45, 2.75) is 25.3 Å². The molecule has 164 valence electrons. The van der Waals surface area contributed by atoms with Crippen molar-refractivity contribution < 1.29 is 9.53 Å². The number of methoxy groups -OCH3 is 1. The molecule has 11 heteroatoms. The van der Waals surface area contributed by atoms with Gasteiger partial charge in [-0.1, -0.05) is 43.1 Å². The summed E-state index contributed by atoms with van der Waals surface area (Å²) in [7, 11) is 1.48. The molecule has 0 aliphatic heterocycles. The van der Waals surface area contributed by atoms with E-state index in [-0.39, 0.29) is 36.3 Å². The monoisotopic (exact) mass is 474 g/mol. The minimum absolute atomic E-state index is 0.0463. The van der Waals surface area contributed by atoms with Crippen LogP contribution in [-0.4, -0.2) is 41.5 Å². The first-order valence-electron chi connectivity index (χ1n) is 9.16. The highest BCUT2D eigenvalue weighted by atomic mass is 35.5. The molecule has 1 amide bonds. The highest BCUT2D eigenvalue weighted by molar-refractivity contribution is 8.00. The highest BCUT2D eigenvalue weighted by Crippen LogP contribution is 2.34. The number of anilines is 2. The Morgan fingerprint density at radius 1 is 1.30 bits per heavy atom. The van der Waals surface area contributed by atoms with Crippen molar-refractivity contribution in [1.82, 2.24) is 9.55 Å². The van der Waals surface area contributed by atoms with Gasteiger partial charge in [0.05, 0.1) is 22.4 Å². The number of nitrogens with two attached hydrogens (primary N) is 1. The summed E-state index contributed by atoms with van der Waals surface area (Å²) < 4.78 is 6.34. The Morgan fingerprint density at radius 3 is 2.50 bits per heavy atom. The number of carbonyl (C=O) groups is 1. The molecule has 0 saturated heterocycles. The number of nitrogens with zero attached hydrogens (tertiary/aromatic N) is 2. The molecule has 0 radical (unpaired) electrons. The first-order valence-corrected chi connectivity index (χ1v) is 10.9. The van der Waals surface area contributed by atoms with Crippen LogP contribution in [0.3, 0.4) is 0 Å². The number of thioether (sulfide) groups is 1. The number of hydrogen-bond donors (Lipinski definition) is 2. The van der Waals surface area contributed by atoms with Crippen molar-refractivity contribution in [3.8, 4) is 0 Å². The summed E-state index contributed by atoms with van der Waals surface area (Å²) >= 11 is 13.5. The van der Waals surface area contributed by atoms with Crippen LogP contribution in [0.5, 0.6) is 0 Å². The van der Waals surface area contributed by atoms with E-state index in [1.807, 2.05) is 13.8 Å². The number of nitrogens with one attached hydrogen (secondary N) is 1. The van der Waals surface area contributed by atoms with E-state index < -0.39 is 17.2 Å². The number of amides is 1. The van der Waals surface area contributed by atoms with Gasteiger partial charge in [0.1, 0.15) is 5.82 Å². The third-order valence-electron chi connectivity index (χ3n) is 4.11. The van der Waals surface area contributed by atoms with Crippen LogP contribution in [0.25, 0.3) is 0 Å². The lowest BCUT2D eigenvalue weighted by molar-refractivity contribution is -0.116. The summed E-state index contributed by atoms with van der Waals surface area (Å²) in [5.74, 6) is -0.414. The molecule has 0 spiro atoms. The maximum Gasteiger partial charge on any atom is 0.330 e. The molecule has 0 bridgehead atoms. The molecule has 3 N–H and O–H groups in total. The predicted molar refractivity (Wildman–Crippen MR) is 122 cm³/mol. The van der Waals surface area contributed by atoms with E-state index in [0.717, 1.165) is 11.8 Å². The number of nitrogen functional groups attached to an aromatic ring is 1. The molecule has 0 aliphatic rings. The number of aromatic nitrogens is 2. The van der Waals surface area contributed by atoms with Crippen molar-refractivity contribution in [2.24, 2.45) is 5.92 Å². The number of rotatable bonds is 9. The SMILES string of the molecule is COCCN(C(=O)CSc1c(Cl)cccc1Cl)c1c(N)n(CC(C)C)c(=O)[nH]c1=O. The molecule has 0 fully saturated rings. The van der Waals surface area contributed by atoms with Crippen LogP contribution in [0, 0.1) is 5.92 Å². The number of halogens is 2. The second-order valence-electron chi connectivity index (χ2n) is 6.88. The highest BCUT2D eigenvalue weighted by Gasteiger charge is 2.25. The zero-order chi connectivity index (χ0) is 22.4. The normalized spacial score (nSPS) is 11.1. The maximum absolute atomic E-state index is 13.0. The Morgan fingerprint density at radius 2 is 1.93 bits per heavy atom. The van der Waals surface area contributed by atoms with Crippen molar-refractivity contribution in [1.29, 1.82) is 0 Å². The standard InChI is InChI=1S/C19H24Cl2N4O4S/c1-11(2)9-25-17(22)15(18(27)23-19(25)28)24(7-8-29-3)14(26)10-30-16-12(20)5-4-6-13(16)21/h4-6,11H,7-10,22H2,1-3H3,(H,23,27,28). The van der Waals surface area contributed by atoms with Gasteiger partial charge in [-0.25, -0.2) is 4.79 Å². The Labute approximate surface area is 188 Å². The molecule has 1 heterocycles. The van der Waals surface area contributed by atoms with Crippen molar-refractivity contribution >= 4 is 52.4 Å². The summed E-state index contributed by atoms with van der Waals surface area (Å²) in [4.78, 5) is 41.8. The number of aromatic amines is 1. The van der Waals surface area contributed by atoms with Crippen molar-refractivity contribution in [2.75, 3.05) is 36.6 Å². The molecule has 30 heavy (non-hydrogen) atoms. The number of benzene rings is 1. The molecule has 8 nitrogen and oxygen atoms in total. The van der Waals surface area contributed by atoms with Crippen molar-refractivity contribution in [3.05, 3.63) is 49.1 Å². The first-order chi connectivity index (χ1) is 14.2. The van der Waals surface area contributed by atoms with Gasteiger partial charge in [0.15, 0.2) is 5.69 Å². The van der Waals surface area contributed by atoms with Gasteiger partial charge >= 0.3 is 5.69 Å². The van der Waals surface area contributed by atoms with E-state index in [1.54, 1.807) is 18.2 Å². The maximum atomic E-state index is 13.0. The summed E-state index contributed by atoms with van der Waals surface area (Å²) in [6.07, 6.45) is 0. The lowest BCUT2D eigenvalue weighted by Gasteiger charge is -2.24. The molecule has 0 atom stereocenters. The third-order valence-corrected chi connectivity index (χ3v) is 6.08. The second-order valence-corrected chi connectivity index (χ2v) is 8.68. The molecule has 2 rings (SSSR count). The van der Waals surface area contributed by atoms with Crippen molar-refractivity contribution in [3.63, 3.8) is 0 Å². The van der Waals surface area contributed by atoms with Crippen LogP contribution in [0.15, 0.2) is 32.7 Å². The van der Waals surface area contributed by atoms with Crippen LogP contribution in [0.4, 0.5) is 11.5 Å². The molecule has 2 aromatic rings. The fraction of sp³-hybridized carbons (Fsp3) is 0.421. The fourth-order valence-electron chi connectivity index (χ4n) is 2.76. The van der Waals surface area contributed by atoms with E-state index in [9.17, 15) is 14.4 Å². The average molecular weight is 475 g/mol. The smallest absolute Gasteiger partial charge is 0.330 e. The zero-order valence-corrected chi connectivity index (χ0v) is 19.2. The van der Waals surface area contributed by atoms with Crippen LogP contribution in [0.1, 0.15) is 13.8 Å². The van der Waals surface area contributed by atoms with Gasteiger partial charge in [0, 0.05) is 25.1 Å². The second kappa shape index (κ2) is 10.9. The molecule has 1 aromatic heterocycles. The Kier molecular flexibility index (Phi) is 8.84. The Balaban J connectivity index is 2.41. The number of ether oxygens (including phenoxy) is 1. The number of H-pyrrole nitrogens is 1. The summed E-state index contributed by atoms with van der Waals surface area (Å²) in [6, 6.07) is 5.06. The Bertz CT molecular complexity index is 1000. The van der Waals surface area contributed by atoms with Crippen LogP contribution >= 0.6 is 35.0 Å². The van der Waals surface area contributed by atoms with Gasteiger partial charge in [-0.3, -0.25) is 19.1 Å². The fourth-order valence-corrected chi connectivity index (χ4v) is 4.32. The van der Waals surface area contributed by atoms with Gasteiger partial charge in [-0.15, -0.1) is 11.8 Å². The largest absolute Gasteiger partial charge is 0.383 e. The lowest BCUT2D eigenvalue weighted by Crippen LogP contribution is -2.43. The van der Waals surface area contributed by atoms with Crippen LogP contribution in [0.2, 0.25) is 10.0 Å². The predicted octanol–water partition coefficient (Wildman–Crippen LogP) is 2.85. The van der Waals surface area contributed by atoms with E-state index >= 15 is 0 Å². The quantitative estimate of drug-likeness (QED) is 0.540. The van der Waals surface area contributed by atoms with Crippen LogP contribution < -0.4 is 21.9 Å². The van der Waals surface area contributed by atoms with Crippen LogP contribution in [-0.2, 0) is 16.1 Å². The summed E-state index contributed by atoms with van der Waals surface area (Å²) in [5, 5.41) is 0.846. The van der Waals surface area contributed by atoms with E-state index in [4.69, 9.17) is 33.7 Å². The summed E-state index contributed by atoms with van der Waals surface area (Å²) in [5.41, 5.74) is 4.73. The lowest BCUT2D eigenvalue weighted by atomic mass is 10.2. The van der Waals surface area contributed by atoms with E-state index in [0.29, 0.717) is 21.5 Å². The topological polar surface area (TPSA) is 110 Å². The number of hydrogen-bond acceptors (Lipinski definition) is 6. The first kappa shape index (κ1) is 24.3. The van der Waals surface area contributed by atoms with Gasteiger partial charge in [0.2, 0.25) is 5.91 Å². The Hall–Kier alpha value is -1.94. The minimum Gasteiger partial charge on any atom is -0.383 e. The third kappa shape index (κ3) is 5.81. The molecule has 1 aromatic carbocycles. The number of carbonyl (C=O) groups excluding carboxylic acids is 1. The minimum atomic E-state index is -0.734. The van der Waals surface area contributed by atoms with Gasteiger partial charge < -0.3 is 15.4 Å². The van der Waals surface area contributed by atoms with E-state index in [2.05, 4.69) is 4.98 Å². The average Bonchev–Trinajstić information content (AvgIpc) is 2.66. The molecule has 0 saturated carbocycles. The molecule has 0 aliphatic carbocycles. The summed E-state index contributed by atoms with van der Waals surface area (Å²) in [6.45, 7) is 4.37. The van der Waals surface area contributed by atoms with E-state index in [1.165, 1.54) is 16.6 Å². The molecular weight excluding hydrogens is 451 g/mol. The zero-order valence-electron chi connectivity index (χ0n) is 16.9. The van der Waals surface area contributed by atoms with Gasteiger partial charge in [-0.05, 0) is 18.1 Å². The molecule has 0 unspecified atom stereocenters.